The largest absolute Gasteiger partial charge is 0.386 e. The van der Waals surface area contributed by atoms with Gasteiger partial charge in [-0.2, -0.15) is 0 Å². The molecule has 1 aliphatic rings. The van der Waals surface area contributed by atoms with Crippen molar-refractivity contribution in [3.05, 3.63) is 53.9 Å². The van der Waals surface area contributed by atoms with Crippen LogP contribution in [-0.2, 0) is 0 Å². The molecule has 1 atom stereocenters. The highest BCUT2D eigenvalue weighted by atomic mass is 16.3. The zero-order valence-corrected chi connectivity index (χ0v) is 14.7. The third-order valence-corrected chi connectivity index (χ3v) is 4.64. The van der Waals surface area contributed by atoms with Gasteiger partial charge in [-0.05, 0) is 37.5 Å². The number of aryl methyl sites for hydroxylation is 1. The van der Waals surface area contributed by atoms with E-state index in [1.165, 1.54) is 0 Å². The van der Waals surface area contributed by atoms with Gasteiger partial charge in [-0.3, -0.25) is 4.79 Å². The van der Waals surface area contributed by atoms with Crippen molar-refractivity contribution in [3.63, 3.8) is 0 Å². The smallest absolute Gasteiger partial charge is 0.253 e. The minimum Gasteiger partial charge on any atom is -0.386 e. The minimum atomic E-state index is -0.968. The van der Waals surface area contributed by atoms with Gasteiger partial charge in [0.1, 0.15) is 0 Å². The summed E-state index contributed by atoms with van der Waals surface area (Å²) in [7, 11) is 1.74. The number of hydrogen-bond donors (Lipinski definition) is 1. The quantitative estimate of drug-likeness (QED) is 0.920. The summed E-state index contributed by atoms with van der Waals surface area (Å²) in [6, 6.07) is 9.29. The van der Waals surface area contributed by atoms with Gasteiger partial charge in [0.15, 0.2) is 0 Å². The molecule has 1 N–H and O–H groups in total. The van der Waals surface area contributed by atoms with Crippen LogP contribution in [0.1, 0.15) is 28.8 Å². The first kappa shape index (κ1) is 17.4. The molecule has 1 aromatic carbocycles. The molecule has 2 aromatic rings. The van der Waals surface area contributed by atoms with E-state index < -0.39 is 5.60 Å². The molecule has 1 aromatic heterocycles. The van der Waals surface area contributed by atoms with Crippen molar-refractivity contribution in [1.82, 2.24) is 14.9 Å². The molecule has 1 saturated heterocycles. The third kappa shape index (κ3) is 3.96. The summed E-state index contributed by atoms with van der Waals surface area (Å²) in [5, 5.41) is 11.0. The van der Waals surface area contributed by atoms with Crippen LogP contribution in [0.25, 0.3) is 0 Å². The number of piperidine rings is 1. The molecule has 6 nitrogen and oxygen atoms in total. The molecule has 25 heavy (non-hydrogen) atoms. The Labute approximate surface area is 148 Å². The fourth-order valence-electron chi connectivity index (χ4n) is 3.40. The number of carbonyl (C=O) groups is 1. The van der Waals surface area contributed by atoms with Gasteiger partial charge in [0, 0.05) is 31.5 Å². The molecule has 132 valence electrons. The molecule has 0 spiro atoms. The second-order valence-electron chi connectivity index (χ2n) is 6.77. The lowest BCUT2D eigenvalue weighted by Gasteiger charge is -2.41. The molecule has 0 aliphatic carbocycles. The van der Waals surface area contributed by atoms with E-state index >= 15 is 0 Å². The Morgan fingerprint density at radius 1 is 1.28 bits per heavy atom. The Bertz CT molecular complexity index is 737. The number of aliphatic hydroxyl groups is 1. The zero-order chi connectivity index (χ0) is 17.9. The van der Waals surface area contributed by atoms with Crippen LogP contribution in [0.15, 0.2) is 42.7 Å². The van der Waals surface area contributed by atoms with Gasteiger partial charge in [-0.1, -0.05) is 18.2 Å². The maximum Gasteiger partial charge on any atom is 0.253 e. The summed E-state index contributed by atoms with van der Waals surface area (Å²) in [6.07, 6.45) is 4.89. The molecular formula is C19H24N4O2. The number of nitrogens with zero attached hydrogens (tertiary/aromatic N) is 4. The molecule has 6 heteroatoms. The maximum atomic E-state index is 12.7. The summed E-state index contributed by atoms with van der Waals surface area (Å²) in [4.78, 5) is 24.8. The van der Waals surface area contributed by atoms with Crippen LogP contribution in [0.2, 0.25) is 0 Å². The monoisotopic (exact) mass is 340 g/mol. The second-order valence-corrected chi connectivity index (χ2v) is 6.77. The van der Waals surface area contributed by atoms with E-state index in [4.69, 9.17) is 0 Å². The molecule has 1 fully saturated rings. The van der Waals surface area contributed by atoms with Crippen LogP contribution in [0.5, 0.6) is 0 Å². The number of aromatic nitrogens is 2. The Morgan fingerprint density at radius 3 is 2.72 bits per heavy atom. The van der Waals surface area contributed by atoms with Gasteiger partial charge >= 0.3 is 0 Å². The van der Waals surface area contributed by atoms with Gasteiger partial charge in [0.25, 0.3) is 5.91 Å². The molecule has 3 rings (SSSR count). The van der Waals surface area contributed by atoms with E-state index in [0.29, 0.717) is 24.5 Å². The van der Waals surface area contributed by atoms with Crippen LogP contribution in [0, 0.1) is 6.92 Å². The molecule has 1 aliphatic heterocycles. The van der Waals surface area contributed by atoms with Crippen molar-refractivity contribution in [2.75, 3.05) is 31.6 Å². The first-order chi connectivity index (χ1) is 12.0. The minimum absolute atomic E-state index is 0.0698. The first-order valence-electron chi connectivity index (χ1n) is 8.54. The summed E-state index contributed by atoms with van der Waals surface area (Å²) in [5.41, 5.74) is 0.645. The molecule has 0 saturated carbocycles. The first-order valence-corrected chi connectivity index (χ1v) is 8.54. The predicted molar refractivity (Wildman–Crippen MR) is 96.6 cm³/mol. The SMILES string of the molecule is Cc1ccccc1C(=O)N(C)CC1(O)CCCN(c2ncccn2)C1. The lowest BCUT2D eigenvalue weighted by atomic mass is 9.92. The lowest BCUT2D eigenvalue weighted by molar-refractivity contribution is -0.000318. The van der Waals surface area contributed by atoms with Crippen LogP contribution >= 0.6 is 0 Å². The standard InChI is InChI=1S/C19H24N4O2/c1-15-7-3-4-8-16(15)17(24)22(2)13-19(25)9-5-12-23(14-19)18-20-10-6-11-21-18/h3-4,6-8,10-11,25H,5,9,12-14H2,1-2H3. The number of likely N-dealkylation sites (N-methyl/N-ethyl adjacent to an activating group) is 1. The topological polar surface area (TPSA) is 69.6 Å². The van der Waals surface area contributed by atoms with Crippen LogP contribution in [-0.4, -0.2) is 58.2 Å². The van der Waals surface area contributed by atoms with E-state index in [2.05, 4.69) is 9.97 Å². The number of rotatable bonds is 4. The van der Waals surface area contributed by atoms with Crippen molar-refractivity contribution >= 4 is 11.9 Å². The van der Waals surface area contributed by atoms with Crippen molar-refractivity contribution in [1.29, 1.82) is 0 Å². The highest BCUT2D eigenvalue weighted by Gasteiger charge is 2.36. The van der Waals surface area contributed by atoms with Gasteiger partial charge in [-0.15, -0.1) is 0 Å². The highest BCUT2D eigenvalue weighted by Crippen LogP contribution is 2.25. The van der Waals surface area contributed by atoms with E-state index in [1.54, 1.807) is 30.4 Å². The summed E-state index contributed by atoms with van der Waals surface area (Å²) < 4.78 is 0. The van der Waals surface area contributed by atoms with Crippen molar-refractivity contribution in [3.8, 4) is 0 Å². The molecular weight excluding hydrogens is 316 g/mol. The summed E-state index contributed by atoms with van der Waals surface area (Å²) in [5.74, 6) is 0.549. The lowest BCUT2D eigenvalue weighted by Crippen LogP contribution is -2.55. The Hall–Kier alpha value is -2.47. The number of benzene rings is 1. The molecule has 0 radical (unpaired) electrons. The van der Waals surface area contributed by atoms with Crippen LogP contribution < -0.4 is 4.90 Å². The van der Waals surface area contributed by atoms with Crippen LogP contribution in [0.3, 0.4) is 0 Å². The number of amides is 1. The second kappa shape index (κ2) is 7.19. The Balaban J connectivity index is 1.70. The zero-order valence-electron chi connectivity index (χ0n) is 14.7. The van der Waals surface area contributed by atoms with Crippen LogP contribution in [0.4, 0.5) is 5.95 Å². The van der Waals surface area contributed by atoms with E-state index in [1.807, 2.05) is 36.1 Å². The Morgan fingerprint density at radius 2 is 2.00 bits per heavy atom. The Kier molecular flexibility index (Phi) is 4.99. The van der Waals surface area contributed by atoms with Gasteiger partial charge in [0.2, 0.25) is 5.95 Å². The predicted octanol–water partition coefficient (Wildman–Crippen LogP) is 1.89. The molecule has 0 bridgehead atoms. The molecule has 1 unspecified atom stereocenters. The van der Waals surface area contributed by atoms with E-state index in [9.17, 15) is 9.90 Å². The maximum absolute atomic E-state index is 12.7. The number of hydrogen-bond acceptors (Lipinski definition) is 5. The van der Waals surface area contributed by atoms with Crippen molar-refractivity contribution < 1.29 is 9.90 Å². The fourth-order valence-corrected chi connectivity index (χ4v) is 3.40. The normalized spacial score (nSPS) is 20.4. The number of carbonyl (C=O) groups excluding carboxylic acids is 1. The number of anilines is 1. The van der Waals surface area contributed by atoms with Gasteiger partial charge in [-0.25, -0.2) is 9.97 Å². The van der Waals surface area contributed by atoms with Crippen molar-refractivity contribution in [2.45, 2.75) is 25.4 Å². The summed E-state index contributed by atoms with van der Waals surface area (Å²) >= 11 is 0. The van der Waals surface area contributed by atoms with Gasteiger partial charge in [0.05, 0.1) is 18.7 Å². The van der Waals surface area contributed by atoms with Gasteiger partial charge < -0.3 is 14.9 Å². The fraction of sp³-hybridized carbons (Fsp3) is 0.421. The highest BCUT2D eigenvalue weighted by molar-refractivity contribution is 5.95. The third-order valence-electron chi connectivity index (χ3n) is 4.64. The number of β-amino-alcohol motifs (C(OH)–C–C–N with tert-alkyl or cyclic N) is 1. The average molecular weight is 340 g/mol. The van der Waals surface area contributed by atoms with E-state index in [-0.39, 0.29) is 12.5 Å². The summed E-state index contributed by atoms with van der Waals surface area (Å²) in [6.45, 7) is 3.43. The van der Waals surface area contributed by atoms with E-state index in [0.717, 1.165) is 18.5 Å². The molecule has 2 heterocycles. The average Bonchev–Trinajstić information content (AvgIpc) is 2.62. The molecule has 1 amide bonds. The van der Waals surface area contributed by atoms with Crippen molar-refractivity contribution in [2.24, 2.45) is 0 Å².